The third-order valence-corrected chi connectivity index (χ3v) is 18.3. The number of carbonyl (C=O) groups is 3. The fraction of sp³-hybridized carbons (Fsp3) is 0.618. The van der Waals surface area contributed by atoms with Crippen LogP contribution in [0.1, 0.15) is 119 Å². The first-order valence-electron chi connectivity index (χ1n) is 25.2. The normalized spacial score (nSPS) is 22.6. The quantitative estimate of drug-likeness (QED) is 0.0659. The molecule has 0 aromatic carbocycles. The van der Waals surface area contributed by atoms with Crippen LogP contribution in [0.2, 0.25) is 0 Å². The van der Waals surface area contributed by atoms with E-state index in [1.54, 1.807) is 18.8 Å². The Balaban J connectivity index is 1.39. The third-order valence-electron chi connectivity index (χ3n) is 14.5. The van der Waals surface area contributed by atoms with E-state index in [2.05, 4.69) is 74.4 Å². The fourth-order valence-corrected chi connectivity index (χ4v) is 12.9. The number of ether oxygens (including phenoxy) is 3. The van der Waals surface area contributed by atoms with Crippen LogP contribution in [0.5, 0.6) is 0 Å². The number of hydrogen-bond donors (Lipinski definition) is 0. The molecule has 0 spiro atoms. The predicted octanol–water partition coefficient (Wildman–Crippen LogP) is 11.3. The van der Waals surface area contributed by atoms with Crippen LogP contribution in [-0.4, -0.2) is 123 Å². The number of hydrogen-bond acceptors (Lipinski definition) is 18. The molecule has 0 saturated carbocycles. The second kappa shape index (κ2) is 25.3. The molecular formula is C55H70N6O6S6. The standard InChI is InChI=1S/C55H70N6O6S6/c1-53(2)22-35(38(28-56)41(25-53)59-16-10-11-17-59)44(50(68)71-7)47(62)65-31-34(32-66-48(63)45(51(69)72-8)36-23-54(3,4)26-42(39(36)29-57)60-18-12-13-19-60)33-67-49(64)46(52(70)73-9)37-24-55(5,6)27-43(40(37)30-58)61-20-14-15-21-61/h34H,10-27,31-33H2,1-9H3/b44-35-,45-36-,46-37-. The molecule has 392 valence electrons. The van der Waals surface area contributed by atoms with E-state index in [9.17, 15) is 30.2 Å². The Morgan fingerprint density at radius 2 is 0.712 bits per heavy atom. The van der Waals surface area contributed by atoms with Crippen molar-refractivity contribution in [2.45, 2.75) is 119 Å². The molecule has 3 heterocycles. The van der Waals surface area contributed by atoms with Crippen LogP contribution in [-0.2, 0) is 28.6 Å². The number of carbonyl (C=O) groups excluding carboxylic acids is 3. The molecule has 3 fully saturated rings. The van der Waals surface area contributed by atoms with E-state index in [0.29, 0.717) is 72.0 Å². The molecule has 3 aliphatic carbocycles. The highest BCUT2D eigenvalue weighted by Crippen LogP contribution is 2.48. The molecule has 12 nitrogen and oxygen atoms in total. The second-order valence-electron chi connectivity index (χ2n) is 22.1. The molecule has 0 N–H and O–H groups in total. The first kappa shape index (κ1) is 58.3. The van der Waals surface area contributed by atoms with Crippen molar-refractivity contribution in [2.75, 3.05) is 77.9 Å². The van der Waals surface area contributed by atoms with Crippen LogP contribution < -0.4 is 0 Å². The smallest absolute Gasteiger partial charge is 0.340 e. The monoisotopic (exact) mass is 1100 g/mol. The Morgan fingerprint density at radius 1 is 0.479 bits per heavy atom. The average Bonchev–Trinajstić information content (AvgIpc) is 4.19. The zero-order valence-corrected chi connectivity index (χ0v) is 48.9. The van der Waals surface area contributed by atoms with Gasteiger partial charge in [-0.1, -0.05) is 78.2 Å². The van der Waals surface area contributed by atoms with Gasteiger partial charge in [-0.05, 0) is 129 Å². The lowest BCUT2D eigenvalue weighted by molar-refractivity contribution is -0.147. The van der Waals surface area contributed by atoms with E-state index >= 15 is 0 Å². The summed E-state index contributed by atoms with van der Waals surface area (Å²) in [5.41, 5.74) is 5.19. The van der Waals surface area contributed by atoms with Gasteiger partial charge < -0.3 is 28.9 Å². The zero-order chi connectivity index (χ0) is 53.4. The number of esters is 3. The van der Waals surface area contributed by atoms with Gasteiger partial charge in [0.05, 0.1) is 51.9 Å². The van der Waals surface area contributed by atoms with Gasteiger partial charge in [-0.2, -0.15) is 15.8 Å². The summed E-state index contributed by atoms with van der Waals surface area (Å²) in [6, 6.07) is 7.29. The van der Waals surface area contributed by atoms with Crippen LogP contribution in [0.15, 0.2) is 67.2 Å². The lowest BCUT2D eigenvalue weighted by Gasteiger charge is -2.38. The van der Waals surface area contributed by atoms with Crippen LogP contribution in [0.4, 0.5) is 0 Å². The maximum Gasteiger partial charge on any atom is 0.340 e. The highest BCUT2D eigenvalue weighted by molar-refractivity contribution is 8.24. The molecule has 6 aliphatic rings. The first-order chi connectivity index (χ1) is 34.6. The van der Waals surface area contributed by atoms with Gasteiger partial charge in [0, 0.05) is 56.4 Å². The SMILES string of the molecule is CSC(=S)/C(C(=O)OCC(COC(=O)/C(C(=S)SC)=C1\CC(C)(C)CC(N2CCCC2)=C1C#N)COC(=O)/C(C(=S)SC)=C1\CC(C)(C)CC(N2CCCC2)=C1C#N)=C1/CC(C)(C)CC(N2CCCC2)=C1C#N. The number of allylic oxidation sites excluding steroid dienone is 9. The Morgan fingerprint density at radius 3 is 0.918 bits per heavy atom. The minimum absolute atomic E-state index is 0.139. The Bertz CT molecular complexity index is 2320. The number of thioether (sulfide) groups is 3. The fourth-order valence-electron chi connectivity index (χ4n) is 11.1. The van der Waals surface area contributed by atoms with E-state index in [1.807, 2.05) is 0 Å². The minimum atomic E-state index is -0.925. The predicted molar refractivity (Wildman–Crippen MR) is 305 cm³/mol. The van der Waals surface area contributed by atoms with Crippen molar-refractivity contribution < 1.29 is 28.6 Å². The molecule has 0 aromatic rings. The molecule has 0 atom stereocenters. The lowest BCUT2D eigenvalue weighted by atomic mass is 9.72. The summed E-state index contributed by atoms with van der Waals surface area (Å²) in [6.07, 6.45) is 14.7. The third kappa shape index (κ3) is 13.9. The van der Waals surface area contributed by atoms with Crippen molar-refractivity contribution in [3.8, 4) is 18.2 Å². The first-order valence-corrected chi connectivity index (χ1v) is 30.1. The number of thiocarbonyl (C=S) groups is 3. The maximum atomic E-state index is 14.7. The Hall–Kier alpha value is -3.96. The number of nitrogens with zero attached hydrogens (tertiary/aromatic N) is 6. The summed E-state index contributed by atoms with van der Waals surface area (Å²) in [6.45, 7) is 16.6. The molecule has 0 amide bonds. The lowest BCUT2D eigenvalue weighted by Crippen LogP contribution is -2.33. The number of likely N-dealkylation sites (tertiary alicyclic amines) is 3. The van der Waals surface area contributed by atoms with Gasteiger partial charge in [-0.25, -0.2) is 14.4 Å². The van der Waals surface area contributed by atoms with Crippen molar-refractivity contribution in [2.24, 2.45) is 22.2 Å². The van der Waals surface area contributed by atoms with Crippen molar-refractivity contribution >= 4 is 102 Å². The summed E-state index contributed by atoms with van der Waals surface area (Å²) in [5, 5.41) is 32.2. The summed E-state index contributed by atoms with van der Waals surface area (Å²) in [5.74, 6) is -3.16. The molecule has 0 bridgehead atoms. The molecule has 73 heavy (non-hydrogen) atoms. The number of rotatable bonds is 15. The van der Waals surface area contributed by atoms with Gasteiger partial charge in [0.25, 0.3) is 0 Å². The summed E-state index contributed by atoms with van der Waals surface area (Å²) < 4.78 is 19.3. The van der Waals surface area contributed by atoms with E-state index < -0.39 is 23.8 Å². The highest BCUT2D eigenvalue weighted by Gasteiger charge is 2.41. The summed E-state index contributed by atoms with van der Waals surface area (Å²) >= 11 is 21.3. The van der Waals surface area contributed by atoms with Crippen LogP contribution >= 0.6 is 71.9 Å². The topological polar surface area (TPSA) is 160 Å². The van der Waals surface area contributed by atoms with E-state index in [-0.39, 0.29) is 65.4 Å². The molecule has 0 radical (unpaired) electrons. The van der Waals surface area contributed by atoms with E-state index in [1.165, 1.54) is 35.3 Å². The Kier molecular flexibility index (Phi) is 20.2. The largest absolute Gasteiger partial charge is 0.461 e. The maximum absolute atomic E-state index is 14.7. The van der Waals surface area contributed by atoms with Crippen molar-refractivity contribution in [1.82, 2.24) is 14.7 Å². The van der Waals surface area contributed by atoms with Gasteiger partial charge in [0.1, 0.15) is 38.0 Å². The van der Waals surface area contributed by atoms with Gasteiger partial charge in [-0.15, -0.1) is 35.3 Å². The van der Waals surface area contributed by atoms with Crippen LogP contribution in [0.3, 0.4) is 0 Å². The van der Waals surface area contributed by atoms with Crippen molar-refractivity contribution in [3.63, 3.8) is 0 Å². The van der Waals surface area contributed by atoms with Crippen molar-refractivity contribution in [3.05, 3.63) is 67.2 Å². The van der Waals surface area contributed by atoms with Gasteiger partial charge >= 0.3 is 17.9 Å². The highest BCUT2D eigenvalue weighted by atomic mass is 32.2. The molecule has 0 unspecified atom stereocenters. The Labute approximate surface area is 462 Å². The van der Waals surface area contributed by atoms with Gasteiger partial charge in [0.15, 0.2) is 0 Å². The summed E-state index contributed by atoms with van der Waals surface area (Å²) in [7, 11) is 0. The van der Waals surface area contributed by atoms with Gasteiger partial charge in [-0.3, -0.25) is 0 Å². The molecular weight excluding hydrogens is 1030 g/mol. The van der Waals surface area contributed by atoms with Crippen molar-refractivity contribution in [1.29, 1.82) is 15.8 Å². The van der Waals surface area contributed by atoms with E-state index in [0.717, 1.165) is 94.9 Å². The number of nitriles is 3. The average molecular weight is 1100 g/mol. The molecule has 6 rings (SSSR count). The minimum Gasteiger partial charge on any atom is -0.461 e. The van der Waals surface area contributed by atoms with Crippen LogP contribution in [0.25, 0.3) is 0 Å². The van der Waals surface area contributed by atoms with Gasteiger partial charge in [0.2, 0.25) is 0 Å². The molecule has 18 heteroatoms. The molecule has 0 aromatic heterocycles. The zero-order valence-electron chi connectivity index (χ0n) is 44.0. The second-order valence-corrected chi connectivity index (χ2v) is 26.6. The summed E-state index contributed by atoms with van der Waals surface area (Å²) in [4.78, 5) is 50.8. The van der Waals surface area contributed by atoms with Crippen LogP contribution in [0, 0.1) is 56.2 Å². The van der Waals surface area contributed by atoms with E-state index in [4.69, 9.17) is 50.9 Å². The molecule has 3 saturated heterocycles. The molecule has 3 aliphatic heterocycles.